The molecule has 2 fully saturated rings. The summed E-state index contributed by atoms with van der Waals surface area (Å²) in [5.41, 5.74) is 0.953. The van der Waals surface area contributed by atoms with Gasteiger partial charge < -0.3 is 18.9 Å². The third kappa shape index (κ3) is 3.91. The number of alkyl halides is 1. The Morgan fingerprint density at radius 2 is 1.96 bits per heavy atom. The van der Waals surface area contributed by atoms with Crippen LogP contribution in [-0.4, -0.2) is 58.9 Å². The van der Waals surface area contributed by atoms with Crippen molar-refractivity contribution in [3.05, 3.63) is 29.8 Å². The van der Waals surface area contributed by atoms with Gasteiger partial charge in [0.25, 0.3) is 10.1 Å². The summed E-state index contributed by atoms with van der Waals surface area (Å²) < 4.78 is 51.9. The minimum absolute atomic E-state index is 0.000118. The van der Waals surface area contributed by atoms with Crippen molar-refractivity contribution in [2.24, 2.45) is 0 Å². The van der Waals surface area contributed by atoms with Crippen molar-refractivity contribution >= 4 is 21.7 Å². The summed E-state index contributed by atoms with van der Waals surface area (Å²) in [6, 6.07) is 6.39. The highest BCUT2D eigenvalue weighted by atomic mass is 35.5. The normalized spacial score (nSPS) is 29.0. The Balaban J connectivity index is 1.77. The maximum absolute atomic E-state index is 12.5. The first-order valence-electron chi connectivity index (χ1n) is 7.50. The van der Waals surface area contributed by atoms with Crippen molar-refractivity contribution in [1.29, 1.82) is 0 Å². The summed E-state index contributed by atoms with van der Waals surface area (Å²) >= 11 is 5.95. The molecule has 2 aliphatic heterocycles. The van der Waals surface area contributed by atoms with E-state index < -0.39 is 28.4 Å². The van der Waals surface area contributed by atoms with Gasteiger partial charge in [-0.3, -0.25) is 4.18 Å². The van der Waals surface area contributed by atoms with Crippen molar-refractivity contribution in [2.45, 2.75) is 36.2 Å². The molecule has 0 spiro atoms. The molecule has 0 amide bonds. The van der Waals surface area contributed by atoms with Crippen molar-refractivity contribution in [3.63, 3.8) is 0 Å². The van der Waals surface area contributed by atoms with E-state index in [0.29, 0.717) is 6.61 Å². The number of rotatable bonds is 5. The molecule has 0 aromatic heterocycles. The van der Waals surface area contributed by atoms with Gasteiger partial charge in [-0.25, -0.2) is 0 Å². The molecule has 0 aliphatic carbocycles. The standard InChI is InChI=1S/C15H19ClO7S/c1-10-2-4-11(5-3-10)24(17,18)23-12(6-16)14-15-13(20-9-22-14)7-19-8-21-15/h2-5,12-15H,6-9H2,1H3. The van der Waals surface area contributed by atoms with Crippen LogP contribution in [0.5, 0.6) is 0 Å². The molecule has 9 heteroatoms. The van der Waals surface area contributed by atoms with E-state index in [4.69, 9.17) is 34.7 Å². The van der Waals surface area contributed by atoms with E-state index in [1.54, 1.807) is 12.1 Å². The Morgan fingerprint density at radius 3 is 2.67 bits per heavy atom. The highest BCUT2D eigenvalue weighted by Crippen LogP contribution is 2.27. The molecule has 134 valence electrons. The lowest BCUT2D eigenvalue weighted by Gasteiger charge is -2.42. The van der Waals surface area contributed by atoms with Gasteiger partial charge in [-0.05, 0) is 19.1 Å². The Labute approximate surface area is 145 Å². The molecular weight excluding hydrogens is 360 g/mol. The van der Waals surface area contributed by atoms with E-state index >= 15 is 0 Å². The number of hydrogen-bond acceptors (Lipinski definition) is 7. The first-order chi connectivity index (χ1) is 11.5. The van der Waals surface area contributed by atoms with E-state index in [1.165, 1.54) is 12.1 Å². The molecule has 4 unspecified atom stereocenters. The molecule has 3 rings (SSSR count). The van der Waals surface area contributed by atoms with E-state index in [0.717, 1.165) is 5.56 Å². The van der Waals surface area contributed by atoms with Gasteiger partial charge in [0, 0.05) is 0 Å². The molecule has 1 aromatic carbocycles. The molecule has 1 aromatic rings. The van der Waals surface area contributed by atoms with Gasteiger partial charge in [0.05, 0.1) is 17.4 Å². The molecule has 0 N–H and O–H groups in total. The fourth-order valence-electron chi connectivity index (χ4n) is 2.65. The van der Waals surface area contributed by atoms with Crippen LogP contribution in [0.2, 0.25) is 0 Å². The average molecular weight is 379 g/mol. The van der Waals surface area contributed by atoms with Crippen molar-refractivity contribution in [2.75, 3.05) is 26.1 Å². The number of aryl methyl sites for hydroxylation is 1. The lowest BCUT2D eigenvalue weighted by Crippen LogP contribution is -2.57. The van der Waals surface area contributed by atoms with Gasteiger partial charge in [-0.15, -0.1) is 11.6 Å². The van der Waals surface area contributed by atoms with Gasteiger partial charge in [-0.2, -0.15) is 8.42 Å². The van der Waals surface area contributed by atoms with Crippen LogP contribution in [0, 0.1) is 6.92 Å². The van der Waals surface area contributed by atoms with E-state index in [9.17, 15) is 8.42 Å². The number of hydrogen-bond donors (Lipinski definition) is 0. The van der Waals surface area contributed by atoms with Crippen LogP contribution in [-0.2, 0) is 33.2 Å². The predicted molar refractivity (Wildman–Crippen MR) is 84.3 cm³/mol. The first-order valence-corrected chi connectivity index (χ1v) is 9.44. The average Bonchev–Trinajstić information content (AvgIpc) is 2.60. The summed E-state index contributed by atoms with van der Waals surface area (Å²) in [4.78, 5) is 0.0692. The maximum Gasteiger partial charge on any atom is 0.297 e. The van der Waals surface area contributed by atoms with Crippen molar-refractivity contribution in [3.8, 4) is 0 Å². The second-order valence-corrected chi connectivity index (χ2v) is 7.51. The third-order valence-corrected chi connectivity index (χ3v) is 5.59. The Morgan fingerprint density at radius 1 is 1.21 bits per heavy atom. The van der Waals surface area contributed by atoms with E-state index in [1.807, 2.05) is 6.92 Å². The van der Waals surface area contributed by atoms with Crippen LogP contribution in [0.1, 0.15) is 5.56 Å². The second-order valence-electron chi connectivity index (χ2n) is 5.63. The smallest absolute Gasteiger partial charge is 0.297 e. The topological polar surface area (TPSA) is 80.3 Å². The van der Waals surface area contributed by atoms with Gasteiger partial charge in [0.1, 0.15) is 38.0 Å². The number of ether oxygens (including phenoxy) is 4. The molecular formula is C15H19ClO7S. The number of fused-ring (bicyclic) bond motifs is 1. The Hall–Kier alpha value is -0.740. The zero-order valence-electron chi connectivity index (χ0n) is 13.1. The lowest BCUT2D eigenvalue weighted by molar-refractivity contribution is -0.310. The monoisotopic (exact) mass is 378 g/mol. The largest absolute Gasteiger partial charge is 0.353 e. The molecule has 0 bridgehead atoms. The summed E-state index contributed by atoms with van der Waals surface area (Å²) in [6.07, 6.45) is -2.39. The summed E-state index contributed by atoms with van der Waals surface area (Å²) in [5, 5.41) is 0. The molecule has 0 saturated carbocycles. The van der Waals surface area contributed by atoms with Gasteiger partial charge in [0.2, 0.25) is 0 Å². The van der Waals surface area contributed by atoms with Crippen molar-refractivity contribution in [1.82, 2.24) is 0 Å². The first kappa shape index (κ1) is 18.1. The van der Waals surface area contributed by atoms with Crippen molar-refractivity contribution < 1.29 is 31.5 Å². The SMILES string of the molecule is Cc1ccc(S(=O)(=O)OC(CCl)C2OCOC3COCOC32)cc1. The second kappa shape index (κ2) is 7.65. The molecule has 2 saturated heterocycles. The third-order valence-electron chi connectivity index (χ3n) is 3.94. The van der Waals surface area contributed by atoms with Crippen LogP contribution < -0.4 is 0 Å². The minimum atomic E-state index is -3.97. The highest BCUT2D eigenvalue weighted by Gasteiger charge is 2.44. The van der Waals surface area contributed by atoms with Gasteiger partial charge in [0.15, 0.2) is 0 Å². The molecule has 0 radical (unpaired) electrons. The highest BCUT2D eigenvalue weighted by molar-refractivity contribution is 7.86. The molecule has 7 nitrogen and oxygen atoms in total. The fourth-order valence-corrected chi connectivity index (χ4v) is 4.05. The predicted octanol–water partition coefficient (Wildman–Crippen LogP) is 1.42. The molecule has 4 atom stereocenters. The van der Waals surface area contributed by atoms with Crippen LogP contribution >= 0.6 is 11.6 Å². The Bertz CT molecular complexity index is 646. The molecule has 2 heterocycles. The number of halogens is 1. The van der Waals surface area contributed by atoms with E-state index in [-0.39, 0.29) is 30.5 Å². The zero-order valence-corrected chi connectivity index (χ0v) is 14.7. The van der Waals surface area contributed by atoms with Gasteiger partial charge >= 0.3 is 0 Å². The zero-order chi connectivity index (χ0) is 17.2. The lowest BCUT2D eigenvalue weighted by atomic mass is 10.0. The fraction of sp³-hybridized carbons (Fsp3) is 0.600. The van der Waals surface area contributed by atoms with Crippen LogP contribution in [0.3, 0.4) is 0 Å². The summed E-state index contributed by atoms with van der Waals surface area (Å²) in [5.74, 6) is -0.0663. The maximum atomic E-state index is 12.5. The van der Waals surface area contributed by atoms with E-state index in [2.05, 4.69) is 0 Å². The van der Waals surface area contributed by atoms with Crippen LogP contribution in [0.4, 0.5) is 0 Å². The minimum Gasteiger partial charge on any atom is -0.353 e. The van der Waals surface area contributed by atoms with Crippen LogP contribution in [0.25, 0.3) is 0 Å². The van der Waals surface area contributed by atoms with Crippen LogP contribution in [0.15, 0.2) is 29.2 Å². The molecule has 2 aliphatic rings. The number of benzene rings is 1. The van der Waals surface area contributed by atoms with Gasteiger partial charge in [-0.1, -0.05) is 17.7 Å². The molecule has 24 heavy (non-hydrogen) atoms. The quantitative estimate of drug-likeness (QED) is 0.566. The Kier molecular flexibility index (Phi) is 5.76. The summed E-state index contributed by atoms with van der Waals surface area (Å²) in [6.45, 7) is 2.31. The summed E-state index contributed by atoms with van der Waals surface area (Å²) in [7, 11) is -3.97.